The van der Waals surface area contributed by atoms with Gasteiger partial charge in [-0.3, -0.25) is 15.2 Å². The van der Waals surface area contributed by atoms with E-state index in [9.17, 15) is 9.59 Å². The molecule has 3 N–H and O–H groups in total. The fourth-order valence-corrected chi connectivity index (χ4v) is 2.68. The molecule has 2 aromatic rings. The van der Waals surface area contributed by atoms with Gasteiger partial charge in [-0.15, -0.1) is 5.10 Å². The molecule has 0 fully saturated rings. The molecule has 1 atom stereocenters. The van der Waals surface area contributed by atoms with Crippen LogP contribution in [0.5, 0.6) is 0 Å². The molecule has 3 amide bonds. The number of benzene rings is 1. The smallest absolute Gasteiger partial charge is 0.321 e. The van der Waals surface area contributed by atoms with Crippen LogP contribution in [0.25, 0.3) is 11.4 Å². The molecule has 7 nitrogen and oxygen atoms in total. The van der Waals surface area contributed by atoms with Crippen molar-refractivity contribution in [2.45, 2.75) is 43.6 Å². The maximum atomic E-state index is 12.1. The minimum Gasteiger partial charge on any atom is -0.333 e. The first kappa shape index (κ1) is 19.3. The monoisotopic (exact) mass is 381 g/mol. The van der Waals surface area contributed by atoms with Crippen molar-refractivity contribution in [3.8, 4) is 11.4 Å². The standard InChI is InChI=1S/C16H20ClN5O2S/c1-9(13(23)19-14(24)20-16(2,3)4)25-15-18-12(21-22-15)10-5-7-11(17)8-6-10/h5-9H,1-4H3,(H,18,21,22)(H2,19,20,23,24). The number of urea groups is 1. The molecule has 0 aliphatic heterocycles. The third-order valence-electron chi connectivity index (χ3n) is 2.96. The first-order chi connectivity index (χ1) is 11.6. The number of hydrogen-bond donors (Lipinski definition) is 3. The number of carbonyl (C=O) groups excluding carboxylic acids is 2. The van der Waals surface area contributed by atoms with Gasteiger partial charge in [0.15, 0.2) is 5.82 Å². The van der Waals surface area contributed by atoms with Gasteiger partial charge in [0.1, 0.15) is 0 Å². The maximum absolute atomic E-state index is 12.1. The van der Waals surface area contributed by atoms with Crippen LogP contribution in [-0.4, -0.2) is 37.9 Å². The molecular formula is C16H20ClN5O2S. The molecule has 1 heterocycles. The Hall–Kier alpha value is -2.06. The number of thioether (sulfide) groups is 1. The number of aromatic nitrogens is 3. The Bertz CT molecular complexity index is 755. The number of aromatic amines is 1. The van der Waals surface area contributed by atoms with Crippen molar-refractivity contribution in [2.75, 3.05) is 0 Å². The van der Waals surface area contributed by atoms with E-state index >= 15 is 0 Å². The van der Waals surface area contributed by atoms with Crippen LogP contribution in [0.3, 0.4) is 0 Å². The first-order valence-electron chi connectivity index (χ1n) is 7.62. The molecule has 0 aliphatic rings. The molecule has 1 aromatic carbocycles. The molecular weight excluding hydrogens is 362 g/mol. The van der Waals surface area contributed by atoms with Crippen molar-refractivity contribution in [3.05, 3.63) is 29.3 Å². The highest BCUT2D eigenvalue weighted by atomic mass is 35.5. The zero-order valence-corrected chi connectivity index (χ0v) is 16.0. The quantitative estimate of drug-likeness (QED) is 0.706. The second-order valence-electron chi connectivity index (χ2n) is 6.43. The molecule has 25 heavy (non-hydrogen) atoms. The van der Waals surface area contributed by atoms with Gasteiger partial charge in [-0.05, 0) is 52.0 Å². The van der Waals surface area contributed by atoms with Gasteiger partial charge >= 0.3 is 6.03 Å². The van der Waals surface area contributed by atoms with Gasteiger partial charge in [-0.2, -0.15) is 0 Å². The van der Waals surface area contributed by atoms with E-state index in [2.05, 4.69) is 25.8 Å². The molecule has 0 radical (unpaired) electrons. The highest BCUT2D eigenvalue weighted by Gasteiger charge is 2.21. The number of imide groups is 1. The minimum absolute atomic E-state index is 0.412. The van der Waals surface area contributed by atoms with E-state index in [0.717, 1.165) is 17.3 Å². The van der Waals surface area contributed by atoms with Crippen molar-refractivity contribution in [3.63, 3.8) is 0 Å². The molecule has 1 unspecified atom stereocenters. The number of rotatable bonds is 4. The van der Waals surface area contributed by atoms with Crippen LogP contribution in [0.4, 0.5) is 4.79 Å². The number of nitrogens with one attached hydrogen (secondary N) is 3. The molecule has 0 aliphatic carbocycles. The predicted octanol–water partition coefficient (Wildman–Crippen LogP) is 3.23. The summed E-state index contributed by atoms with van der Waals surface area (Å²) in [4.78, 5) is 28.2. The van der Waals surface area contributed by atoms with Gasteiger partial charge in [0.2, 0.25) is 11.1 Å². The van der Waals surface area contributed by atoms with Crippen LogP contribution in [0.15, 0.2) is 29.4 Å². The molecule has 0 spiro atoms. The summed E-state index contributed by atoms with van der Waals surface area (Å²) in [7, 11) is 0. The van der Waals surface area contributed by atoms with Gasteiger partial charge in [-0.1, -0.05) is 23.4 Å². The summed E-state index contributed by atoms with van der Waals surface area (Å²) >= 11 is 7.02. The molecule has 0 saturated heterocycles. The van der Waals surface area contributed by atoms with E-state index < -0.39 is 22.7 Å². The highest BCUT2D eigenvalue weighted by Crippen LogP contribution is 2.23. The Morgan fingerprint density at radius 1 is 1.24 bits per heavy atom. The second-order valence-corrected chi connectivity index (χ2v) is 8.17. The molecule has 0 saturated carbocycles. The normalized spacial score (nSPS) is 12.5. The van der Waals surface area contributed by atoms with Gasteiger partial charge in [-0.25, -0.2) is 9.78 Å². The highest BCUT2D eigenvalue weighted by molar-refractivity contribution is 8.00. The van der Waals surface area contributed by atoms with Gasteiger partial charge in [0.25, 0.3) is 0 Å². The summed E-state index contributed by atoms with van der Waals surface area (Å²) in [6.07, 6.45) is 0. The molecule has 134 valence electrons. The van der Waals surface area contributed by atoms with Crippen LogP contribution >= 0.6 is 23.4 Å². The topological polar surface area (TPSA) is 99.8 Å². The van der Waals surface area contributed by atoms with Gasteiger partial charge < -0.3 is 5.32 Å². The van der Waals surface area contributed by atoms with Crippen molar-refractivity contribution >= 4 is 35.3 Å². The lowest BCUT2D eigenvalue weighted by Crippen LogP contribution is -2.49. The van der Waals surface area contributed by atoms with Crippen LogP contribution in [-0.2, 0) is 4.79 Å². The average Bonchev–Trinajstić information content (AvgIpc) is 2.94. The van der Waals surface area contributed by atoms with E-state index in [1.807, 2.05) is 32.9 Å². The van der Waals surface area contributed by atoms with Crippen LogP contribution in [0, 0.1) is 0 Å². The lowest BCUT2D eigenvalue weighted by molar-refractivity contribution is -0.119. The minimum atomic E-state index is -0.528. The molecule has 9 heteroatoms. The Morgan fingerprint density at radius 2 is 1.88 bits per heavy atom. The summed E-state index contributed by atoms with van der Waals surface area (Å²) in [5.74, 6) is 0.168. The SMILES string of the molecule is CC(Sc1n[nH]c(-c2ccc(Cl)cc2)n1)C(=O)NC(=O)NC(C)(C)C. The number of halogens is 1. The Balaban J connectivity index is 1.94. The predicted molar refractivity (Wildman–Crippen MR) is 98.6 cm³/mol. The first-order valence-corrected chi connectivity index (χ1v) is 8.88. The summed E-state index contributed by atoms with van der Waals surface area (Å²) in [5.41, 5.74) is 0.420. The molecule has 1 aromatic heterocycles. The van der Waals surface area contributed by atoms with Crippen molar-refractivity contribution in [1.82, 2.24) is 25.8 Å². The third-order valence-corrected chi connectivity index (χ3v) is 4.17. The molecule has 0 bridgehead atoms. The summed E-state index contributed by atoms with van der Waals surface area (Å²) in [6, 6.07) is 6.64. The van der Waals surface area contributed by atoms with E-state index in [-0.39, 0.29) is 0 Å². The van der Waals surface area contributed by atoms with Crippen LogP contribution in [0.2, 0.25) is 5.02 Å². The van der Waals surface area contributed by atoms with Crippen molar-refractivity contribution < 1.29 is 9.59 Å². The fourth-order valence-electron chi connectivity index (χ4n) is 1.83. The van der Waals surface area contributed by atoms with E-state index in [4.69, 9.17) is 11.6 Å². The number of H-pyrrole nitrogens is 1. The fraction of sp³-hybridized carbons (Fsp3) is 0.375. The maximum Gasteiger partial charge on any atom is 0.321 e. The molecule has 2 rings (SSSR count). The summed E-state index contributed by atoms with van der Waals surface area (Å²) in [6.45, 7) is 7.19. The van der Waals surface area contributed by atoms with Crippen LogP contribution < -0.4 is 10.6 Å². The lowest BCUT2D eigenvalue weighted by atomic mass is 10.1. The number of carbonyl (C=O) groups is 2. The van der Waals surface area contributed by atoms with Gasteiger partial charge in [0.05, 0.1) is 5.25 Å². The number of hydrogen-bond acceptors (Lipinski definition) is 5. The van der Waals surface area contributed by atoms with Crippen LogP contribution in [0.1, 0.15) is 27.7 Å². The Labute approximate surface area is 155 Å². The summed E-state index contributed by atoms with van der Waals surface area (Å²) in [5, 5.41) is 12.4. The Kier molecular flexibility index (Phi) is 6.07. The Morgan fingerprint density at radius 3 is 2.48 bits per heavy atom. The average molecular weight is 382 g/mol. The van der Waals surface area contributed by atoms with Gasteiger partial charge in [0, 0.05) is 16.1 Å². The number of amides is 3. The zero-order valence-electron chi connectivity index (χ0n) is 14.4. The van der Waals surface area contributed by atoms with Crippen molar-refractivity contribution in [1.29, 1.82) is 0 Å². The summed E-state index contributed by atoms with van der Waals surface area (Å²) < 4.78 is 0. The van der Waals surface area contributed by atoms with Crippen molar-refractivity contribution in [2.24, 2.45) is 0 Å². The second kappa shape index (κ2) is 7.88. The van der Waals surface area contributed by atoms with E-state index in [0.29, 0.717) is 16.0 Å². The largest absolute Gasteiger partial charge is 0.333 e. The lowest BCUT2D eigenvalue weighted by Gasteiger charge is -2.20. The zero-order chi connectivity index (χ0) is 18.6. The van der Waals surface area contributed by atoms with E-state index in [1.165, 1.54) is 0 Å². The number of nitrogens with zero attached hydrogens (tertiary/aromatic N) is 2. The van der Waals surface area contributed by atoms with E-state index in [1.54, 1.807) is 19.1 Å². The third kappa shape index (κ3) is 6.06.